The Labute approximate surface area is 385 Å². The molecule has 1 unspecified atom stereocenters. The number of carboxylic acid groups (broad SMARTS) is 1. The second-order valence-electron chi connectivity index (χ2n) is 20.2. The van der Waals surface area contributed by atoms with Crippen LogP contribution in [0, 0.1) is 5.92 Å². The molecule has 1 N–H and O–H groups in total. The van der Waals surface area contributed by atoms with Crippen LogP contribution in [0.2, 0.25) is 0 Å². The highest BCUT2D eigenvalue weighted by atomic mass is 16.4. The fourth-order valence-electron chi connectivity index (χ4n) is 9.70. The first-order chi connectivity index (χ1) is 30.1. The molecule has 0 aliphatic carbocycles. The molecule has 0 saturated heterocycles. The molecule has 0 aromatic rings. The summed E-state index contributed by atoms with van der Waals surface area (Å²) in [4.78, 5) is 24.4. The third-order valence-corrected chi connectivity index (χ3v) is 14.1. The molecule has 61 heavy (non-hydrogen) atoms. The van der Waals surface area contributed by atoms with Crippen LogP contribution in [0.4, 0.5) is 0 Å². The standard InChI is InChI=1S/C58H114O3/c1-3-5-7-9-11-13-15-17-19-20-21-22-23-24-25-26-27-28-29-30-31-32-33-34-35-36-37-38-39-40-41-43-45-47-49-51-53-55-57(59)56(58(60)61)54-52-50-48-46-44-42-18-16-14-12-10-8-6-4-2/h56H,3-55H2,1-2H3,(H,60,61). The van der Waals surface area contributed by atoms with Crippen LogP contribution in [0.1, 0.15) is 354 Å². The van der Waals surface area contributed by atoms with Gasteiger partial charge in [-0.15, -0.1) is 0 Å². The van der Waals surface area contributed by atoms with Crippen molar-refractivity contribution in [2.75, 3.05) is 0 Å². The lowest BCUT2D eigenvalue weighted by atomic mass is 9.93. The summed E-state index contributed by atoms with van der Waals surface area (Å²) < 4.78 is 0. The molecule has 0 spiro atoms. The van der Waals surface area contributed by atoms with Gasteiger partial charge in [-0.25, -0.2) is 0 Å². The highest BCUT2D eigenvalue weighted by molar-refractivity contribution is 5.98. The van der Waals surface area contributed by atoms with Gasteiger partial charge in [0.25, 0.3) is 0 Å². The van der Waals surface area contributed by atoms with Crippen LogP contribution < -0.4 is 0 Å². The van der Waals surface area contributed by atoms with Gasteiger partial charge in [-0.05, 0) is 12.8 Å². The van der Waals surface area contributed by atoms with E-state index in [0.29, 0.717) is 12.8 Å². The van der Waals surface area contributed by atoms with E-state index < -0.39 is 11.9 Å². The average Bonchev–Trinajstić information content (AvgIpc) is 3.26. The smallest absolute Gasteiger partial charge is 0.314 e. The van der Waals surface area contributed by atoms with Gasteiger partial charge in [0, 0.05) is 6.42 Å². The van der Waals surface area contributed by atoms with E-state index in [0.717, 1.165) is 25.7 Å². The highest BCUT2D eigenvalue weighted by Gasteiger charge is 2.24. The molecule has 3 heteroatoms. The van der Waals surface area contributed by atoms with E-state index >= 15 is 0 Å². The first kappa shape index (κ1) is 60.1. The zero-order valence-corrected chi connectivity index (χ0v) is 42.3. The first-order valence-corrected chi connectivity index (χ1v) is 28.9. The number of aliphatic carboxylic acids is 1. The van der Waals surface area contributed by atoms with Crippen molar-refractivity contribution in [3.8, 4) is 0 Å². The number of carboxylic acids is 1. The predicted molar refractivity (Wildman–Crippen MR) is 272 cm³/mol. The molecule has 0 aromatic carbocycles. The Bertz CT molecular complexity index is 837. The monoisotopic (exact) mass is 859 g/mol. The van der Waals surface area contributed by atoms with Gasteiger partial charge in [0.15, 0.2) is 0 Å². The van der Waals surface area contributed by atoms with Crippen molar-refractivity contribution in [1.29, 1.82) is 0 Å². The molecule has 0 saturated carbocycles. The number of Topliss-reactive ketones (excluding diaryl/α,β-unsaturated/α-hetero) is 1. The molecule has 0 heterocycles. The third-order valence-electron chi connectivity index (χ3n) is 14.1. The minimum absolute atomic E-state index is 0.0292. The number of rotatable bonds is 55. The van der Waals surface area contributed by atoms with Gasteiger partial charge in [-0.2, -0.15) is 0 Å². The molecule has 3 nitrogen and oxygen atoms in total. The molecule has 0 fully saturated rings. The van der Waals surface area contributed by atoms with Gasteiger partial charge < -0.3 is 5.11 Å². The van der Waals surface area contributed by atoms with Gasteiger partial charge in [0.05, 0.1) is 0 Å². The normalized spacial score (nSPS) is 12.1. The van der Waals surface area contributed by atoms with Crippen LogP contribution in [0.3, 0.4) is 0 Å². The van der Waals surface area contributed by atoms with E-state index in [1.54, 1.807) is 0 Å². The molecule has 1 atom stereocenters. The minimum atomic E-state index is -0.902. The lowest BCUT2D eigenvalue weighted by Crippen LogP contribution is -2.23. The molecule has 0 aliphatic rings. The number of unbranched alkanes of at least 4 members (excludes halogenated alkanes) is 49. The number of hydrogen-bond donors (Lipinski definition) is 1. The Morgan fingerprint density at radius 3 is 0.607 bits per heavy atom. The minimum Gasteiger partial charge on any atom is -0.481 e. The Morgan fingerprint density at radius 1 is 0.262 bits per heavy atom. The van der Waals surface area contributed by atoms with Gasteiger partial charge in [-0.1, -0.05) is 335 Å². The maximum Gasteiger partial charge on any atom is 0.314 e. The Kier molecular flexibility index (Phi) is 52.7. The summed E-state index contributed by atoms with van der Waals surface area (Å²) in [5.74, 6) is -1.70. The molecule has 0 rings (SSSR count). The third kappa shape index (κ3) is 50.0. The summed E-state index contributed by atoms with van der Waals surface area (Å²) in [6.07, 6.45) is 71.2. The van der Waals surface area contributed by atoms with Gasteiger partial charge in [0.2, 0.25) is 0 Å². The number of carbonyl (C=O) groups is 2. The van der Waals surface area contributed by atoms with Crippen molar-refractivity contribution in [3.63, 3.8) is 0 Å². The lowest BCUT2D eigenvalue weighted by Gasteiger charge is -2.11. The quantitative estimate of drug-likeness (QED) is 0.0490. The van der Waals surface area contributed by atoms with Crippen molar-refractivity contribution >= 4 is 11.8 Å². The van der Waals surface area contributed by atoms with Crippen molar-refractivity contribution < 1.29 is 14.7 Å². The van der Waals surface area contributed by atoms with Crippen LogP contribution in [-0.2, 0) is 9.59 Å². The van der Waals surface area contributed by atoms with Crippen LogP contribution in [0.15, 0.2) is 0 Å². The topological polar surface area (TPSA) is 54.4 Å². The van der Waals surface area contributed by atoms with Crippen molar-refractivity contribution in [1.82, 2.24) is 0 Å². The van der Waals surface area contributed by atoms with Gasteiger partial charge in [-0.3, -0.25) is 9.59 Å². The number of carbonyl (C=O) groups excluding carboxylic acids is 1. The van der Waals surface area contributed by atoms with Crippen molar-refractivity contribution in [2.24, 2.45) is 5.92 Å². The Balaban J connectivity index is 3.32. The van der Waals surface area contributed by atoms with E-state index in [2.05, 4.69) is 13.8 Å². The molecular weight excluding hydrogens is 745 g/mol. The molecule has 0 bridgehead atoms. The van der Waals surface area contributed by atoms with E-state index in [9.17, 15) is 14.7 Å². The zero-order valence-electron chi connectivity index (χ0n) is 42.3. The first-order valence-electron chi connectivity index (χ1n) is 28.9. The second-order valence-corrected chi connectivity index (χ2v) is 20.2. The van der Waals surface area contributed by atoms with Crippen LogP contribution in [0.5, 0.6) is 0 Å². The van der Waals surface area contributed by atoms with E-state index in [-0.39, 0.29) is 5.78 Å². The lowest BCUT2D eigenvalue weighted by molar-refractivity contribution is -0.146. The fourth-order valence-corrected chi connectivity index (χ4v) is 9.70. The Morgan fingerprint density at radius 2 is 0.426 bits per heavy atom. The largest absolute Gasteiger partial charge is 0.481 e. The summed E-state index contributed by atoms with van der Waals surface area (Å²) in [7, 11) is 0. The molecular formula is C58H114O3. The summed E-state index contributed by atoms with van der Waals surface area (Å²) in [6.45, 7) is 4.58. The Hall–Kier alpha value is -0.860. The van der Waals surface area contributed by atoms with Crippen LogP contribution in [-0.4, -0.2) is 16.9 Å². The van der Waals surface area contributed by atoms with Crippen molar-refractivity contribution in [3.05, 3.63) is 0 Å². The molecule has 364 valence electrons. The SMILES string of the molecule is CCCCCCCCCCCCCCCCCCCCCCCCCCCCCCCCCCCCCCCC(=O)C(CCCCCCCCCCCCCCCC)C(=O)O. The van der Waals surface area contributed by atoms with Gasteiger partial charge in [0.1, 0.15) is 11.7 Å². The van der Waals surface area contributed by atoms with E-state index in [1.165, 1.54) is 302 Å². The summed E-state index contributed by atoms with van der Waals surface area (Å²) >= 11 is 0. The summed E-state index contributed by atoms with van der Waals surface area (Å²) in [5, 5.41) is 9.66. The predicted octanol–water partition coefficient (Wildman–Crippen LogP) is 21.0. The molecule has 0 aliphatic heterocycles. The van der Waals surface area contributed by atoms with E-state index in [1.807, 2.05) is 0 Å². The van der Waals surface area contributed by atoms with Crippen LogP contribution >= 0.6 is 0 Å². The van der Waals surface area contributed by atoms with Crippen molar-refractivity contribution in [2.45, 2.75) is 354 Å². The fraction of sp³-hybridized carbons (Fsp3) is 0.966. The molecule has 0 amide bonds. The highest BCUT2D eigenvalue weighted by Crippen LogP contribution is 2.20. The zero-order chi connectivity index (χ0) is 44.2. The second kappa shape index (κ2) is 53.5. The maximum atomic E-state index is 12.7. The summed E-state index contributed by atoms with van der Waals surface area (Å²) in [6, 6.07) is 0. The summed E-state index contributed by atoms with van der Waals surface area (Å²) in [5.41, 5.74) is 0. The maximum absolute atomic E-state index is 12.7. The van der Waals surface area contributed by atoms with Crippen LogP contribution in [0.25, 0.3) is 0 Å². The molecule has 0 radical (unpaired) electrons. The average molecular weight is 860 g/mol. The van der Waals surface area contributed by atoms with E-state index in [4.69, 9.17) is 0 Å². The number of hydrogen-bond acceptors (Lipinski definition) is 2. The molecule has 0 aromatic heterocycles. The van der Waals surface area contributed by atoms with Gasteiger partial charge >= 0.3 is 5.97 Å². The number of ketones is 1.